The van der Waals surface area contributed by atoms with E-state index in [9.17, 15) is 18.4 Å². The summed E-state index contributed by atoms with van der Waals surface area (Å²) in [6.45, 7) is 1.38. The molecule has 2 aromatic rings. The van der Waals surface area contributed by atoms with Crippen molar-refractivity contribution in [2.24, 2.45) is 0 Å². The molecule has 3 rings (SSSR count). The van der Waals surface area contributed by atoms with Crippen LogP contribution < -0.4 is 0 Å². The SMILES string of the molecule is O=C(Cn1cnnn1)N1CCN(C(=O)c2ccc(F)c(F)c2)CC1. The third-order valence-electron chi connectivity index (χ3n) is 3.77. The van der Waals surface area contributed by atoms with Gasteiger partial charge in [-0.05, 0) is 28.6 Å². The molecule has 0 spiro atoms. The van der Waals surface area contributed by atoms with E-state index in [0.717, 1.165) is 12.1 Å². The highest BCUT2D eigenvalue weighted by molar-refractivity contribution is 5.94. The zero-order valence-corrected chi connectivity index (χ0v) is 12.6. The number of benzene rings is 1. The van der Waals surface area contributed by atoms with Crippen molar-refractivity contribution in [1.29, 1.82) is 0 Å². The average Bonchev–Trinajstić information content (AvgIpc) is 3.10. The van der Waals surface area contributed by atoms with Crippen LogP contribution in [0.4, 0.5) is 8.78 Å². The van der Waals surface area contributed by atoms with Crippen LogP contribution in [0.2, 0.25) is 0 Å². The van der Waals surface area contributed by atoms with E-state index in [1.54, 1.807) is 4.90 Å². The molecule has 0 radical (unpaired) electrons. The van der Waals surface area contributed by atoms with Crippen LogP contribution in [-0.4, -0.2) is 68.0 Å². The van der Waals surface area contributed by atoms with Crippen molar-refractivity contribution in [2.75, 3.05) is 26.2 Å². The molecule has 126 valence electrons. The number of amides is 2. The number of piperazine rings is 1. The van der Waals surface area contributed by atoms with Gasteiger partial charge < -0.3 is 9.80 Å². The number of aromatic nitrogens is 4. The van der Waals surface area contributed by atoms with Crippen LogP contribution in [-0.2, 0) is 11.3 Å². The molecule has 0 N–H and O–H groups in total. The van der Waals surface area contributed by atoms with Gasteiger partial charge in [-0.2, -0.15) is 0 Å². The minimum atomic E-state index is -1.06. The Balaban J connectivity index is 1.57. The lowest BCUT2D eigenvalue weighted by atomic mass is 10.1. The molecule has 0 aliphatic carbocycles. The monoisotopic (exact) mass is 336 g/mol. The lowest BCUT2D eigenvalue weighted by molar-refractivity contribution is -0.133. The lowest BCUT2D eigenvalue weighted by Gasteiger charge is -2.34. The summed E-state index contributed by atoms with van der Waals surface area (Å²) in [5, 5.41) is 10.5. The van der Waals surface area contributed by atoms with Gasteiger partial charge in [0.2, 0.25) is 5.91 Å². The molecule has 1 aliphatic heterocycles. The normalized spacial score (nSPS) is 14.8. The van der Waals surface area contributed by atoms with Crippen molar-refractivity contribution in [1.82, 2.24) is 30.0 Å². The fourth-order valence-corrected chi connectivity index (χ4v) is 2.46. The Morgan fingerprint density at radius 2 is 1.75 bits per heavy atom. The van der Waals surface area contributed by atoms with E-state index >= 15 is 0 Å². The maximum atomic E-state index is 13.2. The first kappa shape index (κ1) is 16.0. The Hall–Kier alpha value is -2.91. The Morgan fingerprint density at radius 3 is 2.38 bits per heavy atom. The molecule has 0 atom stereocenters. The van der Waals surface area contributed by atoms with Crippen LogP contribution in [0, 0.1) is 11.6 Å². The van der Waals surface area contributed by atoms with Crippen molar-refractivity contribution >= 4 is 11.8 Å². The quantitative estimate of drug-likeness (QED) is 0.784. The fraction of sp³-hybridized carbons (Fsp3) is 0.357. The van der Waals surface area contributed by atoms with Crippen LogP contribution in [0.25, 0.3) is 0 Å². The molecule has 0 unspecified atom stereocenters. The maximum Gasteiger partial charge on any atom is 0.254 e. The highest BCUT2D eigenvalue weighted by atomic mass is 19.2. The summed E-state index contributed by atoms with van der Waals surface area (Å²) in [5.41, 5.74) is 0.0855. The van der Waals surface area contributed by atoms with Crippen LogP contribution in [0.5, 0.6) is 0 Å². The minimum Gasteiger partial charge on any atom is -0.338 e. The average molecular weight is 336 g/mol. The molecule has 24 heavy (non-hydrogen) atoms. The Kier molecular flexibility index (Phi) is 4.45. The maximum absolute atomic E-state index is 13.2. The number of rotatable bonds is 3. The zero-order chi connectivity index (χ0) is 17.1. The first-order valence-corrected chi connectivity index (χ1v) is 7.27. The van der Waals surface area contributed by atoms with Gasteiger partial charge in [0.05, 0.1) is 0 Å². The second-order valence-electron chi connectivity index (χ2n) is 5.31. The number of nitrogens with zero attached hydrogens (tertiary/aromatic N) is 6. The molecule has 1 aliphatic rings. The van der Waals surface area contributed by atoms with Crippen molar-refractivity contribution in [3.63, 3.8) is 0 Å². The third kappa shape index (κ3) is 3.36. The summed E-state index contributed by atoms with van der Waals surface area (Å²) in [6.07, 6.45) is 1.35. The molecule has 1 aromatic carbocycles. The Bertz CT molecular complexity index is 744. The highest BCUT2D eigenvalue weighted by Gasteiger charge is 2.25. The first-order chi connectivity index (χ1) is 11.5. The summed E-state index contributed by atoms with van der Waals surface area (Å²) in [5.74, 6) is -2.59. The number of hydrogen-bond donors (Lipinski definition) is 0. The van der Waals surface area contributed by atoms with Gasteiger partial charge in [0.25, 0.3) is 5.91 Å². The van der Waals surface area contributed by atoms with E-state index in [1.807, 2.05) is 0 Å². The van der Waals surface area contributed by atoms with Crippen LogP contribution in [0.15, 0.2) is 24.5 Å². The molecule has 0 saturated carbocycles. The number of carbonyl (C=O) groups is 2. The molecule has 2 amide bonds. The largest absolute Gasteiger partial charge is 0.338 e. The molecular formula is C14H14F2N6O2. The lowest BCUT2D eigenvalue weighted by Crippen LogP contribution is -2.51. The second-order valence-corrected chi connectivity index (χ2v) is 5.31. The van der Waals surface area contributed by atoms with Gasteiger partial charge in [-0.25, -0.2) is 13.5 Å². The molecule has 2 heterocycles. The van der Waals surface area contributed by atoms with Crippen molar-refractivity contribution in [3.8, 4) is 0 Å². The number of halogens is 2. The van der Waals surface area contributed by atoms with Gasteiger partial charge >= 0.3 is 0 Å². The van der Waals surface area contributed by atoms with E-state index in [1.165, 1.54) is 22.0 Å². The summed E-state index contributed by atoms with van der Waals surface area (Å²) in [6, 6.07) is 3.05. The van der Waals surface area contributed by atoms with Gasteiger partial charge in [0.15, 0.2) is 11.6 Å². The van der Waals surface area contributed by atoms with Gasteiger partial charge in [-0.1, -0.05) is 0 Å². The number of hydrogen-bond acceptors (Lipinski definition) is 5. The Labute approximate surface area is 135 Å². The molecule has 0 bridgehead atoms. The van der Waals surface area contributed by atoms with Crippen molar-refractivity contribution < 1.29 is 18.4 Å². The van der Waals surface area contributed by atoms with E-state index in [-0.39, 0.29) is 23.9 Å². The first-order valence-electron chi connectivity index (χ1n) is 7.27. The summed E-state index contributed by atoms with van der Waals surface area (Å²) in [7, 11) is 0. The highest BCUT2D eigenvalue weighted by Crippen LogP contribution is 2.13. The molecule has 8 nitrogen and oxygen atoms in total. The molecular weight excluding hydrogens is 322 g/mol. The van der Waals surface area contributed by atoms with Crippen LogP contribution in [0.3, 0.4) is 0 Å². The molecule has 10 heteroatoms. The molecule has 1 saturated heterocycles. The predicted molar refractivity (Wildman–Crippen MR) is 76.7 cm³/mol. The van der Waals surface area contributed by atoms with Crippen LogP contribution in [0.1, 0.15) is 10.4 Å². The number of tetrazole rings is 1. The van der Waals surface area contributed by atoms with Crippen molar-refractivity contribution in [2.45, 2.75) is 6.54 Å². The molecule has 1 aromatic heterocycles. The predicted octanol–water partition coefficient (Wildman–Crippen LogP) is -0.0641. The van der Waals surface area contributed by atoms with Gasteiger partial charge in [-0.3, -0.25) is 9.59 Å². The van der Waals surface area contributed by atoms with Crippen LogP contribution >= 0.6 is 0 Å². The second kappa shape index (κ2) is 6.69. The smallest absolute Gasteiger partial charge is 0.254 e. The summed E-state index contributed by atoms with van der Waals surface area (Å²) in [4.78, 5) is 27.5. The topological polar surface area (TPSA) is 84.2 Å². The van der Waals surface area contributed by atoms with Gasteiger partial charge in [-0.15, -0.1) is 5.10 Å². The Morgan fingerprint density at radius 1 is 1.04 bits per heavy atom. The molecule has 1 fully saturated rings. The van der Waals surface area contributed by atoms with E-state index in [0.29, 0.717) is 26.2 Å². The van der Waals surface area contributed by atoms with E-state index < -0.39 is 11.6 Å². The number of carbonyl (C=O) groups excluding carboxylic acids is 2. The zero-order valence-electron chi connectivity index (χ0n) is 12.6. The van der Waals surface area contributed by atoms with E-state index in [2.05, 4.69) is 15.5 Å². The standard InChI is InChI=1S/C14H14F2N6O2/c15-11-2-1-10(7-12(11)16)14(24)21-5-3-20(4-6-21)13(23)8-22-9-17-18-19-22/h1-2,7,9H,3-6,8H2. The van der Waals surface area contributed by atoms with Gasteiger partial charge in [0.1, 0.15) is 12.9 Å². The third-order valence-corrected chi connectivity index (χ3v) is 3.77. The summed E-state index contributed by atoms with van der Waals surface area (Å²) >= 11 is 0. The minimum absolute atomic E-state index is 0.0319. The summed E-state index contributed by atoms with van der Waals surface area (Å²) < 4.78 is 27.5. The van der Waals surface area contributed by atoms with Crippen molar-refractivity contribution in [3.05, 3.63) is 41.7 Å². The van der Waals surface area contributed by atoms with E-state index in [4.69, 9.17) is 0 Å². The van der Waals surface area contributed by atoms with Gasteiger partial charge in [0, 0.05) is 31.7 Å². The fourth-order valence-electron chi connectivity index (χ4n) is 2.46.